The topological polar surface area (TPSA) is 72.2 Å². The maximum absolute atomic E-state index is 12.4. The minimum atomic E-state index is -1.36. The summed E-state index contributed by atoms with van der Waals surface area (Å²) in [4.78, 5) is 16.5. The van der Waals surface area contributed by atoms with E-state index in [4.69, 9.17) is 4.42 Å². The van der Waals surface area contributed by atoms with E-state index in [1.54, 1.807) is 6.92 Å². The number of carbonyl (C=O) groups is 1. The minimum Gasteiger partial charge on any atom is -0.444 e. The van der Waals surface area contributed by atoms with Crippen molar-refractivity contribution in [3.8, 4) is 11.5 Å². The van der Waals surface area contributed by atoms with Gasteiger partial charge in [-0.1, -0.05) is 17.7 Å². The van der Waals surface area contributed by atoms with Gasteiger partial charge < -0.3 is 9.73 Å². The average Bonchev–Trinajstić information content (AvgIpc) is 2.93. The van der Waals surface area contributed by atoms with Crippen molar-refractivity contribution in [3.63, 3.8) is 0 Å². The van der Waals surface area contributed by atoms with E-state index in [-0.39, 0.29) is 17.2 Å². The van der Waals surface area contributed by atoms with Crippen LogP contribution >= 0.6 is 0 Å². The van der Waals surface area contributed by atoms with Crippen LogP contribution in [0.3, 0.4) is 0 Å². The van der Waals surface area contributed by atoms with Crippen molar-refractivity contribution in [1.82, 2.24) is 10.3 Å². The van der Waals surface area contributed by atoms with Crippen LogP contribution in [0.25, 0.3) is 11.5 Å². The molecule has 1 aromatic carbocycles. The lowest BCUT2D eigenvalue weighted by atomic mass is 10.1. The highest BCUT2D eigenvalue weighted by Gasteiger charge is 2.24. The van der Waals surface area contributed by atoms with Crippen molar-refractivity contribution in [2.45, 2.75) is 51.2 Å². The van der Waals surface area contributed by atoms with Crippen molar-refractivity contribution in [2.75, 3.05) is 0 Å². The van der Waals surface area contributed by atoms with Gasteiger partial charge in [0.2, 0.25) is 11.8 Å². The molecule has 1 heterocycles. The van der Waals surface area contributed by atoms with Gasteiger partial charge in [0, 0.05) is 21.9 Å². The van der Waals surface area contributed by atoms with Crippen molar-refractivity contribution in [3.05, 3.63) is 41.8 Å². The van der Waals surface area contributed by atoms with Crippen LogP contribution in [0.5, 0.6) is 0 Å². The van der Waals surface area contributed by atoms with Gasteiger partial charge in [-0.2, -0.15) is 0 Å². The number of aryl methyl sites for hydroxylation is 1. The second-order valence-electron chi connectivity index (χ2n) is 6.92. The molecule has 0 saturated heterocycles. The first-order valence-electron chi connectivity index (χ1n) is 7.86. The number of nitrogens with zero attached hydrogens (tertiary/aromatic N) is 1. The molecule has 0 aliphatic carbocycles. The molecule has 0 spiro atoms. The average molecular weight is 348 g/mol. The Balaban J connectivity index is 2.02. The molecule has 5 nitrogen and oxygen atoms in total. The number of hydrogen-bond acceptors (Lipinski definition) is 4. The first-order valence-corrected chi connectivity index (χ1v) is 9.24. The quantitative estimate of drug-likeness (QED) is 0.900. The zero-order valence-corrected chi connectivity index (χ0v) is 15.6. The summed E-state index contributed by atoms with van der Waals surface area (Å²) in [5.74, 6) is 0.463. The summed E-state index contributed by atoms with van der Waals surface area (Å²) < 4.78 is 17.9. The van der Waals surface area contributed by atoms with Gasteiger partial charge in [-0.05, 0) is 46.8 Å². The number of amides is 1. The Hall–Kier alpha value is -1.95. The summed E-state index contributed by atoms with van der Waals surface area (Å²) in [7, 11) is -1.36. The van der Waals surface area contributed by atoms with E-state index in [0.29, 0.717) is 11.6 Å². The molecule has 2 rings (SSSR count). The molecule has 130 valence electrons. The van der Waals surface area contributed by atoms with E-state index in [1.807, 2.05) is 52.0 Å². The molecular formula is C18H24N2O3S. The minimum absolute atomic E-state index is 0.189. The second-order valence-corrected chi connectivity index (χ2v) is 8.67. The molecule has 6 heteroatoms. The van der Waals surface area contributed by atoms with Crippen LogP contribution in [0.4, 0.5) is 0 Å². The summed E-state index contributed by atoms with van der Waals surface area (Å²) >= 11 is 0. The maximum atomic E-state index is 12.4. The standard InChI is InChI=1S/C18H24N2O3S/c1-12-6-8-14(9-7-12)17-19-15(10-23-17)11-24(22)13(2)16(21)20-18(3,4)5/h6-10,13H,11H2,1-5H3,(H,20,21)/t13-,24-/m0/s1. The predicted octanol–water partition coefficient (Wildman–Crippen LogP) is 3.20. The second kappa shape index (κ2) is 7.30. The van der Waals surface area contributed by atoms with E-state index < -0.39 is 16.0 Å². The van der Waals surface area contributed by atoms with Gasteiger partial charge in [-0.15, -0.1) is 0 Å². The number of oxazole rings is 1. The van der Waals surface area contributed by atoms with Crippen LogP contribution in [-0.4, -0.2) is 25.9 Å². The van der Waals surface area contributed by atoms with E-state index in [2.05, 4.69) is 10.3 Å². The largest absolute Gasteiger partial charge is 0.444 e. The lowest BCUT2D eigenvalue weighted by Crippen LogP contribution is -2.46. The predicted molar refractivity (Wildman–Crippen MR) is 95.9 cm³/mol. The molecule has 2 atom stereocenters. The zero-order valence-electron chi connectivity index (χ0n) is 14.8. The van der Waals surface area contributed by atoms with Crippen LogP contribution in [-0.2, 0) is 21.3 Å². The summed E-state index contributed by atoms with van der Waals surface area (Å²) in [5, 5.41) is 2.24. The Kier molecular flexibility index (Phi) is 5.59. The first kappa shape index (κ1) is 18.4. The van der Waals surface area contributed by atoms with Gasteiger partial charge in [0.25, 0.3) is 0 Å². The lowest BCUT2D eigenvalue weighted by molar-refractivity contribution is -0.121. The molecule has 1 aromatic heterocycles. The van der Waals surface area contributed by atoms with Gasteiger partial charge in [0.05, 0.1) is 11.4 Å². The van der Waals surface area contributed by atoms with Gasteiger partial charge >= 0.3 is 0 Å². The SMILES string of the molecule is Cc1ccc(-c2nc(C[S@](=O)[C@@H](C)C(=O)NC(C)(C)C)co2)cc1. The van der Waals surface area contributed by atoms with E-state index >= 15 is 0 Å². The Morgan fingerprint density at radius 1 is 1.29 bits per heavy atom. The van der Waals surface area contributed by atoms with E-state index in [1.165, 1.54) is 6.26 Å². The summed E-state index contributed by atoms with van der Waals surface area (Å²) in [6.45, 7) is 9.36. The van der Waals surface area contributed by atoms with Gasteiger partial charge in [-0.25, -0.2) is 4.98 Å². The van der Waals surface area contributed by atoms with Crippen LogP contribution in [0, 0.1) is 6.92 Å². The molecule has 0 bridgehead atoms. The highest BCUT2D eigenvalue weighted by molar-refractivity contribution is 7.85. The molecule has 0 saturated carbocycles. The number of aromatic nitrogens is 1. The summed E-state index contributed by atoms with van der Waals surface area (Å²) in [6.07, 6.45) is 1.50. The maximum Gasteiger partial charge on any atom is 0.235 e. The van der Waals surface area contributed by atoms with Crippen LogP contribution < -0.4 is 5.32 Å². The van der Waals surface area contributed by atoms with Crippen LogP contribution in [0.15, 0.2) is 34.9 Å². The summed E-state index contributed by atoms with van der Waals surface area (Å²) in [6, 6.07) is 7.83. The fourth-order valence-electron chi connectivity index (χ4n) is 2.06. The molecule has 0 fully saturated rings. The third-order valence-electron chi connectivity index (χ3n) is 3.40. The Morgan fingerprint density at radius 2 is 1.92 bits per heavy atom. The van der Waals surface area contributed by atoms with E-state index in [0.717, 1.165) is 11.1 Å². The molecule has 24 heavy (non-hydrogen) atoms. The highest BCUT2D eigenvalue weighted by atomic mass is 32.2. The highest BCUT2D eigenvalue weighted by Crippen LogP contribution is 2.20. The molecule has 2 aromatic rings. The van der Waals surface area contributed by atoms with Crippen molar-refractivity contribution < 1.29 is 13.4 Å². The van der Waals surface area contributed by atoms with Crippen LogP contribution in [0.1, 0.15) is 39.0 Å². The van der Waals surface area contributed by atoms with Gasteiger partial charge in [0.15, 0.2) is 0 Å². The van der Waals surface area contributed by atoms with Crippen molar-refractivity contribution in [1.29, 1.82) is 0 Å². The number of nitrogens with one attached hydrogen (secondary N) is 1. The Bertz CT molecular complexity index is 729. The first-order chi connectivity index (χ1) is 11.2. The van der Waals surface area contributed by atoms with Gasteiger partial charge in [0.1, 0.15) is 11.5 Å². The molecule has 1 amide bonds. The number of hydrogen-bond donors (Lipinski definition) is 1. The molecule has 0 radical (unpaired) electrons. The number of rotatable bonds is 5. The lowest BCUT2D eigenvalue weighted by Gasteiger charge is -2.22. The molecule has 0 unspecified atom stereocenters. The van der Waals surface area contributed by atoms with Crippen molar-refractivity contribution >= 4 is 16.7 Å². The molecule has 0 aliphatic rings. The molecule has 0 aliphatic heterocycles. The Morgan fingerprint density at radius 3 is 2.50 bits per heavy atom. The molecular weight excluding hydrogens is 324 g/mol. The molecule has 1 N–H and O–H groups in total. The number of benzene rings is 1. The third kappa shape index (κ3) is 5.03. The normalized spacial score (nSPS) is 14.2. The van der Waals surface area contributed by atoms with E-state index in [9.17, 15) is 9.00 Å². The smallest absolute Gasteiger partial charge is 0.235 e. The van der Waals surface area contributed by atoms with Crippen molar-refractivity contribution in [2.24, 2.45) is 0 Å². The fraction of sp³-hybridized carbons (Fsp3) is 0.444. The monoisotopic (exact) mass is 348 g/mol. The van der Waals surface area contributed by atoms with Gasteiger partial charge in [-0.3, -0.25) is 9.00 Å². The Labute approximate surface area is 145 Å². The zero-order chi connectivity index (χ0) is 17.9. The summed E-state index contributed by atoms with van der Waals surface area (Å²) in [5.41, 5.74) is 2.27. The van der Waals surface area contributed by atoms with Crippen LogP contribution in [0.2, 0.25) is 0 Å². The fourth-order valence-corrected chi connectivity index (χ4v) is 3.04. The third-order valence-corrected chi connectivity index (χ3v) is 4.99. The number of carbonyl (C=O) groups excluding carboxylic acids is 1.